The van der Waals surface area contributed by atoms with Gasteiger partial charge in [0, 0.05) is 21.1 Å². The average Bonchev–Trinajstić information content (AvgIpc) is 2.42. The van der Waals surface area contributed by atoms with Crippen molar-refractivity contribution in [2.75, 3.05) is 11.1 Å². The lowest BCUT2D eigenvalue weighted by Crippen LogP contribution is -2.13. The molecule has 0 aliphatic rings. The van der Waals surface area contributed by atoms with E-state index < -0.39 is 0 Å². The van der Waals surface area contributed by atoms with E-state index in [1.54, 1.807) is 12.1 Å². The first kappa shape index (κ1) is 15.1. The number of aryl methyl sites for hydroxylation is 1. The molecule has 20 heavy (non-hydrogen) atoms. The third kappa shape index (κ3) is 4.08. The summed E-state index contributed by atoms with van der Waals surface area (Å²) in [6.07, 6.45) is 1.16. The van der Waals surface area contributed by atoms with Gasteiger partial charge in [0.05, 0.1) is 5.69 Å². The number of nitrogens with one attached hydrogen (secondary N) is 1. The first-order valence-electron chi connectivity index (χ1n) is 6.14. The second-order valence-corrected chi connectivity index (χ2v) is 6.10. The van der Waals surface area contributed by atoms with Crippen molar-refractivity contribution in [1.29, 1.82) is 0 Å². The van der Waals surface area contributed by atoms with Crippen LogP contribution in [0.1, 0.15) is 12.0 Å². The number of amides is 1. The molecule has 0 saturated heterocycles. The van der Waals surface area contributed by atoms with Crippen LogP contribution >= 0.6 is 31.9 Å². The molecule has 3 N–H and O–H groups in total. The molecule has 0 unspecified atom stereocenters. The number of benzene rings is 2. The third-order valence-electron chi connectivity index (χ3n) is 2.81. The largest absolute Gasteiger partial charge is 0.399 e. The molecule has 1 amide bonds. The van der Waals surface area contributed by atoms with Crippen LogP contribution in [0.15, 0.2) is 51.4 Å². The molecular weight excluding hydrogens is 384 g/mol. The van der Waals surface area contributed by atoms with Crippen LogP contribution in [-0.2, 0) is 11.2 Å². The van der Waals surface area contributed by atoms with E-state index in [2.05, 4.69) is 37.2 Å². The van der Waals surface area contributed by atoms with Gasteiger partial charge in [0.25, 0.3) is 0 Å². The van der Waals surface area contributed by atoms with Crippen molar-refractivity contribution in [3.05, 3.63) is 57.0 Å². The molecule has 104 valence electrons. The van der Waals surface area contributed by atoms with Crippen LogP contribution in [0, 0.1) is 0 Å². The highest BCUT2D eigenvalue weighted by molar-refractivity contribution is 9.11. The highest BCUT2D eigenvalue weighted by Crippen LogP contribution is 2.33. The smallest absolute Gasteiger partial charge is 0.224 e. The predicted octanol–water partition coefficient (Wildman–Crippen LogP) is 4.37. The number of anilines is 2. The molecule has 0 aliphatic heterocycles. The summed E-state index contributed by atoms with van der Waals surface area (Å²) in [7, 11) is 0. The van der Waals surface area contributed by atoms with Crippen molar-refractivity contribution >= 4 is 49.1 Å². The molecule has 0 atom stereocenters. The Bertz CT molecular complexity index is 592. The van der Waals surface area contributed by atoms with E-state index in [-0.39, 0.29) is 5.91 Å². The van der Waals surface area contributed by atoms with E-state index in [1.165, 1.54) is 0 Å². The maximum Gasteiger partial charge on any atom is 0.224 e. The van der Waals surface area contributed by atoms with Crippen LogP contribution < -0.4 is 11.1 Å². The molecule has 5 heteroatoms. The zero-order valence-electron chi connectivity index (χ0n) is 10.7. The van der Waals surface area contributed by atoms with Crippen LogP contribution in [0.3, 0.4) is 0 Å². The Morgan fingerprint density at radius 1 is 1.10 bits per heavy atom. The molecule has 0 aliphatic carbocycles. The minimum atomic E-state index is -0.0278. The van der Waals surface area contributed by atoms with Gasteiger partial charge in [-0.3, -0.25) is 4.79 Å². The average molecular weight is 398 g/mol. The van der Waals surface area contributed by atoms with Crippen molar-refractivity contribution < 1.29 is 4.79 Å². The van der Waals surface area contributed by atoms with Gasteiger partial charge in [-0.1, -0.05) is 30.3 Å². The summed E-state index contributed by atoms with van der Waals surface area (Å²) < 4.78 is 1.52. The summed E-state index contributed by atoms with van der Waals surface area (Å²) in [5, 5.41) is 2.89. The quantitative estimate of drug-likeness (QED) is 0.752. The maximum absolute atomic E-state index is 12.0. The summed E-state index contributed by atoms with van der Waals surface area (Å²) in [5.74, 6) is -0.0278. The fourth-order valence-corrected chi connectivity index (χ4v) is 3.24. The highest BCUT2D eigenvalue weighted by Gasteiger charge is 2.10. The van der Waals surface area contributed by atoms with E-state index in [0.29, 0.717) is 17.8 Å². The number of hydrogen-bond acceptors (Lipinski definition) is 2. The molecule has 0 spiro atoms. The monoisotopic (exact) mass is 396 g/mol. The lowest BCUT2D eigenvalue weighted by atomic mass is 10.1. The van der Waals surface area contributed by atoms with E-state index in [1.807, 2.05) is 30.3 Å². The maximum atomic E-state index is 12.0. The molecule has 3 nitrogen and oxygen atoms in total. The number of rotatable bonds is 4. The van der Waals surface area contributed by atoms with Gasteiger partial charge in [0.15, 0.2) is 0 Å². The van der Waals surface area contributed by atoms with Crippen molar-refractivity contribution in [1.82, 2.24) is 0 Å². The molecule has 0 bridgehead atoms. The highest BCUT2D eigenvalue weighted by atomic mass is 79.9. The van der Waals surface area contributed by atoms with Crippen molar-refractivity contribution in [2.45, 2.75) is 12.8 Å². The normalized spacial score (nSPS) is 10.3. The number of carbonyl (C=O) groups is 1. The Hall–Kier alpha value is -1.33. The van der Waals surface area contributed by atoms with Gasteiger partial charge in [-0.2, -0.15) is 0 Å². The topological polar surface area (TPSA) is 55.1 Å². The van der Waals surface area contributed by atoms with Gasteiger partial charge < -0.3 is 11.1 Å². The number of carbonyl (C=O) groups excluding carboxylic acids is 1. The Labute approximate surface area is 134 Å². The first-order valence-corrected chi connectivity index (χ1v) is 7.73. The molecule has 0 aromatic heterocycles. The Balaban J connectivity index is 1.98. The Kier molecular flexibility index (Phi) is 5.20. The zero-order valence-corrected chi connectivity index (χ0v) is 13.9. The van der Waals surface area contributed by atoms with Crippen LogP contribution in [0.5, 0.6) is 0 Å². The van der Waals surface area contributed by atoms with Crippen LogP contribution in [0.2, 0.25) is 0 Å². The summed E-state index contributed by atoms with van der Waals surface area (Å²) in [6.45, 7) is 0. The summed E-state index contributed by atoms with van der Waals surface area (Å²) >= 11 is 6.80. The van der Waals surface area contributed by atoms with Crippen molar-refractivity contribution in [3.63, 3.8) is 0 Å². The molecule has 2 rings (SSSR count). The summed E-state index contributed by atoms with van der Waals surface area (Å²) in [5.41, 5.74) is 8.21. The lowest BCUT2D eigenvalue weighted by molar-refractivity contribution is -0.116. The molecule has 0 fully saturated rings. The lowest BCUT2D eigenvalue weighted by Gasteiger charge is -2.10. The molecular formula is C15H14Br2N2O. The number of nitrogens with two attached hydrogens (primary N) is 1. The minimum Gasteiger partial charge on any atom is -0.399 e. The molecule has 0 radical (unpaired) electrons. The van der Waals surface area contributed by atoms with Crippen LogP contribution in [0.4, 0.5) is 11.4 Å². The van der Waals surface area contributed by atoms with Crippen molar-refractivity contribution in [2.24, 2.45) is 0 Å². The summed E-state index contributed by atoms with van der Waals surface area (Å²) in [6, 6.07) is 13.5. The molecule has 2 aromatic carbocycles. The van der Waals surface area contributed by atoms with Gasteiger partial charge in [-0.25, -0.2) is 0 Å². The third-order valence-corrected chi connectivity index (χ3v) is 4.06. The van der Waals surface area contributed by atoms with Gasteiger partial charge in [0.1, 0.15) is 0 Å². The fourth-order valence-electron chi connectivity index (χ4n) is 1.82. The first-order chi connectivity index (χ1) is 9.56. The Morgan fingerprint density at radius 2 is 1.70 bits per heavy atom. The molecule has 0 saturated carbocycles. The van der Waals surface area contributed by atoms with Gasteiger partial charge in [0.2, 0.25) is 5.91 Å². The molecule has 0 heterocycles. The zero-order chi connectivity index (χ0) is 14.5. The number of nitrogen functional groups attached to an aromatic ring is 1. The summed E-state index contributed by atoms with van der Waals surface area (Å²) in [4.78, 5) is 12.0. The Morgan fingerprint density at radius 3 is 2.30 bits per heavy atom. The standard InChI is InChI=1S/C15H14Br2N2O/c16-12-8-11(18)9-13(17)15(12)19-14(20)7-6-10-4-2-1-3-5-10/h1-5,8-9H,6-7,18H2,(H,19,20). The van der Waals surface area contributed by atoms with Gasteiger partial charge >= 0.3 is 0 Å². The predicted molar refractivity (Wildman–Crippen MR) is 89.6 cm³/mol. The van der Waals surface area contributed by atoms with E-state index >= 15 is 0 Å². The van der Waals surface area contributed by atoms with E-state index in [4.69, 9.17) is 5.73 Å². The number of halogens is 2. The van der Waals surface area contributed by atoms with Gasteiger partial charge in [-0.15, -0.1) is 0 Å². The van der Waals surface area contributed by atoms with Crippen molar-refractivity contribution in [3.8, 4) is 0 Å². The van der Waals surface area contributed by atoms with Crippen LogP contribution in [-0.4, -0.2) is 5.91 Å². The van der Waals surface area contributed by atoms with Crippen LogP contribution in [0.25, 0.3) is 0 Å². The molecule has 2 aromatic rings. The fraction of sp³-hybridized carbons (Fsp3) is 0.133. The second-order valence-electron chi connectivity index (χ2n) is 4.39. The SMILES string of the molecule is Nc1cc(Br)c(NC(=O)CCc2ccccc2)c(Br)c1. The van der Waals surface area contributed by atoms with Gasteiger partial charge in [-0.05, 0) is 56.0 Å². The minimum absolute atomic E-state index is 0.0278. The van der Waals surface area contributed by atoms with E-state index in [0.717, 1.165) is 20.9 Å². The number of hydrogen-bond donors (Lipinski definition) is 2. The second kappa shape index (κ2) is 6.90. The van der Waals surface area contributed by atoms with E-state index in [9.17, 15) is 4.79 Å².